The Morgan fingerprint density at radius 1 is 0.931 bits per heavy atom. The van der Waals surface area contributed by atoms with Crippen LogP contribution in [-0.4, -0.2) is 11.1 Å². The first kappa shape index (κ1) is 18.5. The van der Waals surface area contributed by atoms with Crippen LogP contribution in [0, 0.1) is 6.92 Å². The lowest BCUT2D eigenvalue weighted by atomic mass is 10.1. The summed E-state index contributed by atoms with van der Waals surface area (Å²) in [6.45, 7) is 2.03. The van der Waals surface area contributed by atoms with Crippen molar-refractivity contribution in [2.75, 3.05) is 5.32 Å². The summed E-state index contributed by atoms with van der Waals surface area (Å²) in [7, 11) is 0. The Hall–Kier alpha value is -3.86. The van der Waals surface area contributed by atoms with Crippen LogP contribution in [0.1, 0.15) is 11.3 Å². The fraction of sp³-hybridized carbons (Fsp3) is 0.0833. The summed E-state index contributed by atoms with van der Waals surface area (Å²) >= 11 is 0. The molecule has 144 valence electrons. The van der Waals surface area contributed by atoms with Gasteiger partial charge < -0.3 is 14.6 Å². The largest absolute Gasteiger partial charge is 0.457 e. The molecule has 4 rings (SSSR count). The van der Waals surface area contributed by atoms with Crippen LogP contribution in [0.2, 0.25) is 0 Å². The standard InChI is InChI=1S/C24H20N2O3/c1-17-7-9-18(10-8-17)23-15-20(26-29-23)16-24(27)25-19-11-13-22(14-12-19)28-21-5-3-2-4-6-21/h2-15H,16H2,1H3,(H,25,27). The first-order chi connectivity index (χ1) is 14.2. The van der Waals surface area contributed by atoms with E-state index >= 15 is 0 Å². The van der Waals surface area contributed by atoms with Crippen molar-refractivity contribution in [2.24, 2.45) is 0 Å². The molecule has 3 aromatic carbocycles. The lowest BCUT2D eigenvalue weighted by Crippen LogP contribution is -2.14. The van der Waals surface area contributed by atoms with Crippen LogP contribution in [0.5, 0.6) is 11.5 Å². The SMILES string of the molecule is Cc1ccc(-c2cc(CC(=O)Nc3ccc(Oc4ccccc4)cc3)no2)cc1. The molecule has 0 aliphatic rings. The Labute approximate surface area is 168 Å². The number of hydrogen-bond donors (Lipinski definition) is 1. The van der Waals surface area contributed by atoms with Crippen molar-refractivity contribution in [3.63, 3.8) is 0 Å². The van der Waals surface area contributed by atoms with E-state index in [0.29, 0.717) is 22.9 Å². The third kappa shape index (κ3) is 4.90. The Bertz CT molecular complexity index is 1090. The summed E-state index contributed by atoms with van der Waals surface area (Å²) in [5.41, 5.74) is 3.39. The van der Waals surface area contributed by atoms with E-state index in [1.165, 1.54) is 5.56 Å². The molecule has 0 saturated heterocycles. The van der Waals surface area contributed by atoms with Gasteiger partial charge in [-0.2, -0.15) is 0 Å². The topological polar surface area (TPSA) is 64.4 Å². The number of nitrogens with zero attached hydrogens (tertiary/aromatic N) is 1. The van der Waals surface area contributed by atoms with Crippen LogP contribution in [-0.2, 0) is 11.2 Å². The number of nitrogens with one attached hydrogen (secondary N) is 1. The Kier molecular flexibility index (Phi) is 5.38. The normalized spacial score (nSPS) is 10.5. The van der Waals surface area contributed by atoms with Gasteiger partial charge in [-0.3, -0.25) is 4.79 Å². The Morgan fingerprint density at radius 2 is 1.62 bits per heavy atom. The van der Waals surface area contributed by atoms with Crippen molar-refractivity contribution in [1.29, 1.82) is 0 Å². The maximum absolute atomic E-state index is 12.3. The number of aryl methyl sites for hydroxylation is 1. The van der Waals surface area contributed by atoms with Crippen LogP contribution >= 0.6 is 0 Å². The molecule has 0 radical (unpaired) electrons. The molecule has 1 N–H and O–H groups in total. The maximum Gasteiger partial charge on any atom is 0.230 e. The fourth-order valence-corrected chi connectivity index (χ4v) is 2.85. The lowest BCUT2D eigenvalue weighted by Gasteiger charge is -2.07. The maximum atomic E-state index is 12.3. The highest BCUT2D eigenvalue weighted by Gasteiger charge is 2.11. The van der Waals surface area contributed by atoms with E-state index in [0.717, 1.165) is 11.3 Å². The van der Waals surface area contributed by atoms with Crippen LogP contribution in [0.4, 0.5) is 5.69 Å². The van der Waals surface area contributed by atoms with Gasteiger partial charge in [0.05, 0.1) is 12.1 Å². The highest BCUT2D eigenvalue weighted by molar-refractivity contribution is 5.92. The summed E-state index contributed by atoms with van der Waals surface area (Å²) in [6, 6.07) is 26.5. The monoisotopic (exact) mass is 384 g/mol. The molecule has 1 amide bonds. The van der Waals surface area contributed by atoms with Gasteiger partial charge in [0.1, 0.15) is 11.5 Å². The molecule has 5 heteroatoms. The van der Waals surface area contributed by atoms with Crippen molar-refractivity contribution < 1.29 is 14.1 Å². The van der Waals surface area contributed by atoms with E-state index in [9.17, 15) is 4.79 Å². The number of carbonyl (C=O) groups is 1. The van der Waals surface area contributed by atoms with Crippen molar-refractivity contribution >= 4 is 11.6 Å². The molecule has 0 aliphatic heterocycles. The third-order valence-electron chi connectivity index (χ3n) is 4.35. The average Bonchev–Trinajstić information content (AvgIpc) is 3.19. The summed E-state index contributed by atoms with van der Waals surface area (Å²) in [4.78, 5) is 12.3. The molecule has 0 fully saturated rings. The highest BCUT2D eigenvalue weighted by atomic mass is 16.5. The van der Waals surface area contributed by atoms with Crippen LogP contribution < -0.4 is 10.1 Å². The molecule has 5 nitrogen and oxygen atoms in total. The van der Waals surface area contributed by atoms with Gasteiger partial charge in [-0.05, 0) is 43.3 Å². The first-order valence-electron chi connectivity index (χ1n) is 9.31. The molecule has 4 aromatic rings. The highest BCUT2D eigenvalue weighted by Crippen LogP contribution is 2.23. The Morgan fingerprint density at radius 3 is 2.34 bits per heavy atom. The molecule has 0 spiro atoms. The van der Waals surface area contributed by atoms with Gasteiger partial charge in [0.2, 0.25) is 5.91 Å². The number of amides is 1. The van der Waals surface area contributed by atoms with E-state index in [-0.39, 0.29) is 12.3 Å². The van der Waals surface area contributed by atoms with Gasteiger partial charge in [0.25, 0.3) is 0 Å². The minimum atomic E-state index is -0.162. The molecule has 1 aromatic heterocycles. The van der Waals surface area contributed by atoms with Crippen LogP contribution in [0.25, 0.3) is 11.3 Å². The number of ether oxygens (including phenoxy) is 1. The van der Waals surface area contributed by atoms with Crippen molar-refractivity contribution in [3.05, 3.63) is 96.2 Å². The number of carbonyl (C=O) groups excluding carboxylic acids is 1. The first-order valence-corrected chi connectivity index (χ1v) is 9.31. The second-order valence-corrected chi connectivity index (χ2v) is 6.71. The minimum Gasteiger partial charge on any atom is -0.457 e. The van der Waals surface area contributed by atoms with E-state index in [2.05, 4.69) is 10.5 Å². The summed E-state index contributed by atoms with van der Waals surface area (Å²) < 4.78 is 11.1. The lowest BCUT2D eigenvalue weighted by molar-refractivity contribution is -0.115. The summed E-state index contributed by atoms with van der Waals surface area (Å²) in [5.74, 6) is 1.95. The Balaban J connectivity index is 1.34. The molecular formula is C24H20N2O3. The molecule has 0 atom stereocenters. The zero-order chi connectivity index (χ0) is 20.1. The van der Waals surface area contributed by atoms with Crippen molar-refractivity contribution in [2.45, 2.75) is 13.3 Å². The molecule has 1 heterocycles. The van der Waals surface area contributed by atoms with Crippen LogP contribution in [0.3, 0.4) is 0 Å². The average molecular weight is 384 g/mol. The molecule has 0 saturated carbocycles. The quantitative estimate of drug-likeness (QED) is 0.468. The smallest absolute Gasteiger partial charge is 0.230 e. The number of anilines is 1. The van der Waals surface area contributed by atoms with Gasteiger partial charge >= 0.3 is 0 Å². The van der Waals surface area contributed by atoms with Crippen molar-refractivity contribution in [1.82, 2.24) is 5.16 Å². The summed E-state index contributed by atoms with van der Waals surface area (Å²) in [5, 5.41) is 6.86. The predicted octanol–water partition coefficient (Wildman–Crippen LogP) is 5.62. The molecule has 0 aliphatic carbocycles. The van der Waals surface area contributed by atoms with Gasteiger partial charge in [-0.15, -0.1) is 0 Å². The molecule has 0 unspecified atom stereocenters. The van der Waals surface area contributed by atoms with Crippen LogP contribution in [0.15, 0.2) is 89.5 Å². The van der Waals surface area contributed by atoms with Gasteiger partial charge in [0.15, 0.2) is 5.76 Å². The third-order valence-corrected chi connectivity index (χ3v) is 4.35. The number of aromatic nitrogens is 1. The number of hydrogen-bond acceptors (Lipinski definition) is 4. The van der Waals surface area contributed by atoms with E-state index in [1.807, 2.05) is 73.7 Å². The van der Waals surface area contributed by atoms with Gasteiger partial charge in [-0.1, -0.05) is 53.2 Å². The van der Waals surface area contributed by atoms with E-state index in [1.54, 1.807) is 18.2 Å². The number of rotatable bonds is 6. The fourth-order valence-electron chi connectivity index (χ4n) is 2.85. The molecule has 0 bridgehead atoms. The van der Waals surface area contributed by atoms with Gasteiger partial charge in [-0.25, -0.2) is 0 Å². The van der Waals surface area contributed by atoms with Crippen molar-refractivity contribution in [3.8, 4) is 22.8 Å². The molecular weight excluding hydrogens is 364 g/mol. The molecule has 29 heavy (non-hydrogen) atoms. The predicted molar refractivity (Wildman–Crippen MR) is 112 cm³/mol. The summed E-state index contributed by atoms with van der Waals surface area (Å²) in [6.07, 6.45) is 0.137. The van der Waals surface area contributed by atoms with E-state index in [4.69, 9.17) is 9.26 Å². The minimum absolute atomic E-state index is 0.137. The van der Waals surface area contributed by atoms with E-state index < -0.39 is 0 Å². The number of para-hydroxylation sites is 1. The zero-order valence-electron chi connectivity index (χ0n) is 16.0. The number of benzene rings is 3. The second-order valence-electron chi connectivity index (χ2n) is 6.71. The zero-order valence-corrected chi connectivity index (χ0v) is 16.0. The second kappa shape index (κ2) is 8.44. The van der Waals surface area contributed by atoms with Gasteiger partial charge in [0, 0.05) is 17.3 Å².